The van der Waals surface area contributed by atoms with Crippen molar-refractivity contribution < 1.29 is 14.3 Å². The first kappa shape index (κ1) is 17.6. The van der Waals surface area contributed by atoms with E-state index in [0.29, 0.717) is 38.7 Å². The number of piperidine rings is 1. The lowest BCUT2D eigenvalue weighted by Crippen LogP contribution is -2.61. The van der Waals surface area contributed by atoms with Gasteiger partial charge < -0.3 is 14.5 Å². The standard InChI is InChI=1S/C19H27N3O3/c1-3-20(4-2)18(23)21-11-10-16-14-25-19(24)22(17(16)13-21)12-15-8-6-5-7-9-15/h5-9,16-17H,3-4,10-14H2,1-2H3/t16-,17-/m1/s1. The van der Waals surface area contributed by atoms with Crippen LogP contribution in [0.1, 0.15) is 25.8 Å². The maximum Gasteiger partial charge on any atom is 0.410 e. The number of hydrogen-bond acceptors (Lipinski definition) is 3. The van der Waals surface area contributed by atoms with E-state index in [0.717, 1.165) is 18.5 Å². The third-order valence-corrected chi connectivity index (χ3v) is 5.28. The van der Waals surface area contributed by atoms with Crippen molar-refractivity contribution in [2.45, 2.75) is 32.9 Å². The van der Waals surface area contributed by atoms with Gasteiger partial charge in [0, 0.05) is 38.6 Å². The molecule has 6 heteroatoms. The van der Waals surface area contributed by atoms with E-state index in [9.17, 15) is 9.59 Å². The lowest BCUT2D eigenvalue weighted by Gasteiger charge is -2.47. The number of nitrogens with zero attached hydrogens (tertiary/aromatic N) is 3. The Kier molecular flexibility index (Phi) is 5.46. The number of hydrogen-bond donors (Lipinski definition) is 0. The second-order valence-electron chi connectivity index (χ2n) is 6.71. The predicted octanol–water partition coefficient (Wildman–Crippen LogP) is 2.79. The summed E-state index contributed by atoms with van der Waals surface area (Å²) in [5.74, 6) is 0.294. The molecular formula is C19H27N3O3. The van der Waals surface area contributed by atoms with Crippen molar-refractivity contribution in [2.75, 3.05) is 32.8 Å². The normalized spacial score (nSPS) is 23.0. The number of amides is 3. The van der Waals surface area contributed by atoms with Crippen LogP contribution < -0.4 is 0 Å². The number of likely N-dealkylation sites (tertiary alicyclic amines) is 1. The molecule has 0 spiro atoms. The van der Waals surface area contributed by atoms with Crippen molar-refractivity contribution in [1.82, 2.24) is 14.7 Å². The van der Waals surface area contributed by atoms with Gasteiger partial charge in [-0.25, -0.2) is 9.59 Å². The molecule has 2 fully saturated rings. The van der Waals surface area contributed by atoms with Crippen LogP contribution in [0.5, 0.6) is 0 Å². The zero-order valence-electron chi connectivity index (χ0n) is 15.1. The van der Waals surface area contributed by atoms with Gasteiger partial charge in [-0.05, 0) is 25.8 Å². The highest BCUT2D eigenvalue weighted by Crippen LogP contribution is 2.29. The Morgan fingerprint density at radius 2 is 1.96 bits per heavy atom. The first-order valence-corrected chi connectivity index (χ1v) is 9.15. The first-order chi connectivity index (χ1) is 12.1. The molecule has 0 aromatic heterocycles. The first-order valence-electron chi connectivity index (χ1n) is 9.15. The molecule has 0 saturated carbocycles. The molecule has 2 aliphatic rings. The third kappa shape index (κ3) is 3.72. The van der Waals surface area contributed by atoms with Crippen LogP contribution in [0.15, 0.2) is 30.3 Å². The lowest BCUT2D eigenvalue weighted by molar-refractivity contribution is -0.0263. The van der Waals surface area contributed by atoms with E-state index in [4.69, 9.17) is 4.74 Å². The van der Waals surface area contributed by atoms with E-state index in [1.807, 2.05) is 54.0 Å². The van der Waals surface area contributed by atoms with Crippen LogP contribution in [0, 0.1) is 5.92 Å². The van der Waals surface area contributed by atoms with Crippen LogP contribution in [0.3, 0.4) is 0 Å². The number of cyclic esters (lactones) is 1. The smallest absolute Gasteiger partial charge is 0.410 e. The molecule has 3 rings (SSSR count). The van der Waals surface area contributed by atoms with E-state index in [-0.39, 0.29) is 18.2 Å². The Morgan fingerprint density at radius 1 is 1.24 bits per heavy atom. The van der Waals surface area contributed by atoms with Crippen molar-refractivity contribution >= 4 is 12.1 Å². The molecule has 1 aromatic carbocycles. The minimum atomic E-state index is -0.276. The molecule has 0 aliphatic carbocycles. The van der Waals surface area contributed by atoms with Crippen LogP contribution in [0.25, 0.3) is 0 Å². The van der Waals surface area contributed by atoms with Gasteiger partial charge in [-0.2, -0.15) is 0 Å². The van der Waals surface area contributed by atoms with Crippen LogP contribution in [0.4, 0.5) is 9.59 Å². The lowest BCUT2D eigenvalue weighted by atomic mass is 9.90. The fourth-order valence-electron chi connectivity index (χ4n) is 3.75. The van der Waals surface area contributed by atoms with Gasteiger partial charge in [0.25, 0.3) is 0 Å². The van der Waals surface area contributed by atoms with Crippen molar-refractivity contribution in [3.05, 3.63) is 35.9 Å². The summed E-state index contributed by atoms with van der Waals surface area (Å²) in [5, 5.41) is 0. The summed E-state index contributed by atoms with van der Waals surface area (Å²) in [6.07, 6.45) is 0.596. The third-order valence-electron chi connectivity index (χ3n) is 5.28. The molecule has 6 nitrogen and oxygen atoms in total. The number of carbonyl (C=O) groups is 2. The second-order valence-corrected chi connectivity index (χ2v) is 6.71. The molecule has 25 heavy (non-hydrogen) atoms. The zero-order chi connectivity index (χ0) is 17.8. The molecule has 2 heterocycles. The van der Waals surface area contributed by atoms with Gasteiger partial charge in [-0.1, -0.05) is 30.3 Å². The zero-order valence-corrected chi connectivity index (χ0v) is 15.1. The monoisotopic (exact) mass is 345 g/mol. The molecule has 136 valence electrons. The Balaban J connectivity index is 1.75. The van der Waals surface area contributed by atoms with Crippen molar-refractivity contribution in [1.29, 1.82) is 0 Å². The second kappa shape index (κ2) is 7.76. The van der Waals surface area contributed by atoms with Crippen molar-refractivity contribution in [3.63, 3.8) is 0 Å². The predicted molar refractivity (Wildman–Crippen MR) is 95.1 cm³/mol. The van der Waals surface area contributed by atoms with E-state index in [1.165, 1.54) is 0 Å². The van der Waals surface area contributed by atoms with Gasteiger partial charge in [-0.3, -0.25) is 4.90 Å². The minimum Gasteiger partial charge on any atom is -0.449 e. The maximum absolute atomic E-state index is 12.7. The molecule has 0 radical (unpaired) electrons. The van der Waals surface area contributed by atoms with Crippen LogP contribution in [-0.2, 0) is 11.3 Å². The van der Waals surface area contributed by atoms with E-state index in [2.05, 4.69) is 0 Å². The Labute approximate surface area is 149 Å². The van der Waals surface area contributed by atoms with Gasteiger partial charge in [0.2, 0.25) is 0 Å². The topological polar surface area (TPSA) is 53.1 Å². The number of benzene rings is 1. The van der Waals surface area contributed by atoms with Gasteiger partial charge in [-0.15, -0.1) is 0 Å². The minimum absolute atomic E-state index is 0.0229. The maximum atomic E-state index is 12.7. The fraction of sp³-hybridized carbons (Fsp3) is 0.579. The molecule has 0 bridgehead atoms. The van der Waals surface area contributed by atoms with Crippen LogP contribution in [-0.4, -0.2) is 65.7 Å². The number of ether oxygens (including phenoxy) is 1. The number of carbonyl (C=O) groups excluding carboxylic acids is 2. The van der Waals surface area contributed by atoms with Gasteiger partial charge in [0.1, 0.15) is 0 Å². The quantitative estimate of drug-likeness (QED) is 0.843. The molecule has 0 N–H and O–H groups in total. The van der Waals surface area contributed by atoms with E-state index < -0.39 is 0 Å². The molecular weight excluding hydrogens is 318 g/mol. The molecule has 1 aromatic rings. The summed E-state index contributed by atoms with van der Waals surface area (Å²) in [6, 6.07) is 10.0. The fourth-order valence-corrected chi connectivity index (χ4v) is 3.75. The highest BCUT2D eigenvalue weighted by Gasteiger charge is 2.42. The summed E-state index contributed by atoms with van der Waals surface area (Å²) >= 11 is 0. The number of urea groups is 1. The average molecular weight is 345 g/mol. The summed E-state index contributed by atoms with van der Waals surface area (Å²) in [4.78, 5) is 30.6. The van der Waals surface area contributed by atoms with Gasteiger partial charge in [0.15, 0.2) is 0 Å². The summed E-state index contributed by atoms with van der Waals surface area (Å²) in [5.41, 5.74) is 1.08. The number of fused-ring (bicyclic) bond motifs is 1. The SMILES string of the molecule is CCN(CC)C(=O)N1CC[C@@H]2COC(=O)N(Cc3ccccc3)[C@@H]2C1. The number of rotatable bonds is 4. The van der Waals surface area contributed by atoms with Crippen molar-refractivity contribution in [3.8, 4) is 0 Å². The highest BCUT2D eigenvalue weighted by atomic mass is 16.6. The molecule has 2 atom stereocenters. The van der Waals surface area contributed by atoms with E-state index >= 15 is 0 Å². The van der Waals surface area contributed by atoms with Crippen molar-refractivity contribution in [2.24, 2.45) is 5.92 Å². The Hall–Kier alpha value is -2.24. The van der Waals surface area contributed by atoms with Gasteiger partial charge >= 0.3 is 12.1 Å². The van der Waals surface area contributed by atoms with E-state index in [1.54, 1.807) is 4.90 Å². The summed E-state index contributed by atoms with van der Waals surface area (Å²) in [7, 11) is 0. The Morgan fingerprint density at radius 3 is 2.64 bits per heavy atom. The highest BCUT2D eigenvalue weighted by molar-refractivity contribution is 5.75. The summed E-state index contributed by atoms with van der Waals surface area (Å²) in [6.45, 7) is 7.69. The van der Waals surface area contributed by atoms with Crippen LogP contribution >= 0.6 is 0 Å². The van der Waals surface area contributed by atoms with Gasteiger partial charge in [0.05, 0.1) is 12.6 Å². The average Bonchev–Trinajstić information content (AvgIpc) is 2.65. The molecule has 3 amide bonds. The van der Waals surface area contributed by atoms with Crippen LogP contribution in [0.2, 0.25) is 0 Å². The Bertz CT molecular complexity index is 603. The molecule has 2 saturated heterocycles. The summed E-state index contributed by atoms with van der Waals surface area (Å²) < 4.78 is 5.39. The largest absolute Gasteiger partial charge is 0.449 e. The molecule has 0 unspecified atom stereocenters. The molecule has 2 aliphatic heterocycles.